The van der Waals surface area contributed by atoms with Crippen LogP contribution in [0.5, 0.6) is 0 Å². The van der Waals surface area contributed by atoms with Gasteiger partial charge < -0.3 is 4.90 Å². The lowest BCUT2D eigenvalue weighted by atomic mass is 9.95. The van der Waals surface area contributed by atoms with Crippen molar-refractivity contribution in [1.82, 2.24) is 34.4 Å². The molecule has 0 saturated carbocycles. The van der Waals surface area contributed by atoms with Gasteiger partial charge in [0.05, 0.1) is 29.1 Å². The van der Waals surface area contributed by atoms with Crippen LogP contribution in [0.4, 0.5) is 5.82 Å². The molecule has 0 atom stereocenters. The summed E-state index contributed by atoms with van der Waals surface area (Å²) in [5.74, 6) is 3.44. The third kappa shape index (κ3) is 3.91. The number of anilines is 1. The third-order valence-electron chi connectivity index (χ3n) is 7.90. The number of rotatable bonds is 3. The Morgan fingerprint density at radius 3 is 2.65 bits per heavy atom. The quantitative estimate of drug-likeness (QED) is 0.392. The van der Waals surface area contributed by atoms with Crippen LogP contribution in [0.1, 0.15) is 36.0 Å². The van der Waals surface area contributed by atoms with E-state index >= 15 is 0 Å². The van der Waals surface area contributed by atoms with E-state index in [-0.39, 0.29) is 23.5 Å². The van der Waals surface area contributed by atoms with Crippen molar-refractivity contribution in [2.45, 2.75) is 37.9 Å². The fraction of sp³-hybridized carbons (Fsp3) is 0.440. The smallest absolute Gasteiger partial charge is 0.160 e. The predicted molar refractivity (Wildman–Crippen MR) is 141 cm³/mol. The number of sulfone groups is 1. The van der Waals surface area contributed by atoms with Crippen LogP contribution in [0.2, 0.25) is 5.02 Å². The molecule has 2 fully saturated rings. The molecule has 3 aromatic heterocycles. The largest absolute Gasteiger partial charge is 0.355 e. The summed E-state index contributed by atoms with van der Waals surface area (Å²) >= 11 is 6.38. The third-order valence-corrected chi connectivity index (χ3v) is 9.92. The van der Waals surface area contributed by atoms with E-state index in [0.717, 1.165) is 65.7 Å². The maximum atomic E-state index is 11.9. The molecule has 0 unspecified atom stereocenters. The normalized spacial score (nSPS) is 20.4. The predicted octanol–water partition coefficient (Wildman–Crippen LogP) is 2.70. The first-order valence-electron chi connectivity index (χ1n) is 12.6. The molecular weight excluding hydrogens is 512 g/mol. The molecule has 4 aromatic rings. The van der Waals surface area contributed by atoms with Crippen LogP contribution in [0.3, 0.4) is 0 Å². The van der Waals surface area contributed by atoms with E-state index in [2.05, 4.69) is 35.6 Å². The van der Waals surface area contributed by atoms with Gasteiger partial charge in [-0.25, -0.2) is 18.1 Å². The van der Waals surface area contributed by atoms with E-state index < -0.39 is 9.84 Å². The number of aromatic nitrogens is 6. The Morgan fingerprint density at radius 1 is 1.05 bits per heavy atom. The Labute approximate surface area is 219 Å². The van der Waals surface area contributed by atoms with Gasteiger partial charge in [-0.05, 0) is 48.7 Å². The minimum atomic E-state index is -2.93. The molecule has 10 nitrogen and oxygen atoms in total. The maximum Gasteiger partial charge on any atom is 0.160 e. The lowest BCUT2D eigenvalue weighted by molar-refractivity contribution is 0.193. The van der Waals surface area contributed by atoms with Crippen molar-refractivity contribution in [2.75, 3.05) is 29.5 Å². The lowest BCUT2D eigenvalue weighted by Crippen LogP contribution is -2.52. The van der Waals surface area contributed by atoms with Crippen LogP contribution in [-0.2, 0) is 30.0 Å². The zero-order valence-corrected chi connectivity index (χ0v) is 22.0. The summed E-state index contributed by atoms with van der Waals surface area (Å²) in [6.07, 6.45) is 3.67. The molecule has 0 amide bonds. The molecule has 1 aromatic carbocycles. The Hall–Kier alpha value is -3.02. The standard InChI is InChI=1S/C25H27ClN8O2S/c1-31-24-20(3-2-8-27-24)25(30-31)32-9-6-16(7-10-32)23-29-28-22-13-33(19-14-37(35,36)15-19)12-17-11-18(26)4-5-21(17)34(22)23/h2-5,8,11,16,19H,6-7,9-10,12-15H2,1H3. The van der Waals surface area contributed by atoms with Crippen LogP contribution in [0, 0.1) is 0 Å². The lowest BCUT2D eigenvalue weighted by Gasteiger charge is -2.35. The topological polar surface area (TPSA) is 102 Å². The van der Waals surface area contributed by atoms with Crippen molar-refractivity contribution >= 4 is 38.3 Å². The summed E-state index contributed by atoms with van der Waals surface area (Å²) in [4.78, 5) is 9.02. The number of hydrogen-bond acceptors (Lipinski definition) is 8. The number of fused-ring (bicyclic) bond motifs is 4. The molecule has 192 valence electrons. The number of piperidine rings is 1. The molecule has 0 N–H and O–H groups in total. The highest BCUT2D eigenvalue weighted by molar-refractivity contribution is 7.92. The van der Waals surface area contributed by atoms with Crippen LogP contribution in [0.15, 0.2) is 36.5 Å². The number of halogens is 1. The summed E-state index contributed by atoms with van der Waals surface area (Å²) in [5.41, 5.74) is 3.00. The number of nitrogens with zero attached hydrogens (tertiary/aromatic N) is 8. The first-order chi connectivity index (χ1) is 17.9. The van der Waals surface area contributed by atoms with Crippen LogP contribution < -0.4 is 4.90 Å². The number of pyridine rings is 1. The van der Waals surface area contributed by atoms with Crippen molar-refractivity contribution in [1.29, 1.82) is 0 Å². The van der Waals surface area contributed by atoms with Crippen molar-refractivity contribution in [3.8, 4) is 5.69 Å². The van der Waals surface area contributed by atoms with E-state index in [0.29, 0.717) is 18.1 Å². The van der Waals surface area contributed by atoms with E-state index in [9.17, 15) is 8.42 Å². The van der Waals surface area contributed by atoms with Gasteiger partial charge in [-0.15, -0.1) is 10.2 Å². The van der Waals surface area contributed by atoms with Crippen molar-refractivity contribution in [2.24, 2.45) is 7.05 Å². The minimum absolute atomic E-state index is 0.00513. The van der Waals surface area contributed by atoms with Crippen LogP contribution in [0.25, 0.3) is 16.7 Å². The van der Waals surface area contributed by atoms with Gasteiger partial charge in [-0.2, -0.15) is 5.10 Å². The van der Waals surface area contributed by atoms with Gasteiger partial charge in [0.15, 0.2) is 27.1 Å². The molecule has 0 spiro atoms. The molecule has 0 bridgehead atoms. The van der Waals surface area contributed by atoms with Gasteiger partial charge in [-0.3, -0.25) is 9.47 Å². The van der Waals surface area contributed by atoms with Gasteiger partial charge in [0.25, 0.3) is 0 Å². The van der Waals surface area contributed by atoms with Crippen LogP contribution in [-0.4, -0.2) is 73.5 Å². The SMILES string of the molecule is Cn1nc(N2CCC(c3nnc4n3-c3ccc(Cl)cc3CN(C3CS(=O)(=O)C3)C4)CC2)c2cccnc21. The zero-order valence-electron chi connectivity index (χ0n) is 20.5. The Morgan fingerprint density at radius 2 is 1.86 bits per heavy atom. The summed E-state index contributed by atoms with van der Waals surface area (Å²) in [6.45, 7) is 2.93. The Kier molecular flexibility index (Phi) is 5.31. The summed E-state index contributed by atoms with van der Waals surface area (Å²) in [6, 6.07) is 9.96. The second-order valence-electron chi connectivity index (χ2n) is 10.3. The van der Waals surface area contributed by atoms with Gasteiger partial charge in [0.1, 0.15) is 5.82 Å². The molecule has 2 saturated heterocycles. The van der Waals surface area contributed by atoms with Gasteiger partial charge in [0.2, 0.25) is 0 Å². The molecule has 0 radical (unpaired) electrons. The molecule has 37 heavy (non-hydrogen) atoms. The van der Waals surface area contributed by atoms with E-state index in [1.807, 2.05) is 36.0 Å². The monoisotopic (exact) mass is 538 g/mol. The average Bonchev–Trinajstić information content (AvgIpc) is 3.39. The molecular formula is C25H27ClN8O2S. The number of benzene rings is 1. The van der Waals surface area contributed by atoms with E-state index in [4.69, 9.17) is 16.7 Å². The highest BCUT2D eigenvalue weighted by Crippen LogP contribution is 2.36. The van der Waals surface area contributed by atoms with Gasteiger partial charge in [-0.1, -0.05) is 11.6 Å². The maximum absolute atomic E-state index is 11.9. The van der Waals surface area contributed by atoms with E-state index in [1.165, 1.54) is 0 Å². The Bertz CT molecular complexity index is 1610. The van der Waals surface area contributed by atoms with E-state index in [1.54, 1.807) is 6.20 Å². The number of aryl methyl sites for hydroxylation is 1. The van der Waals surface area contributed by atoms with Gasteiger partial charge >= 0.3 is 0 Å². The zero-order chi connectivity index (χ0) is 25.3. The summed E-state index contributed by atoms with van der Waals surface area (Å²) in [5, 5.41) is 15.8. The van der Waals surface area contributed by atoms with Crippen molar-refractivity contribution < 1.29 is 8.42 Å². The molecule has 6 heterocycles. The first kappa shape index (κ1) is 23.1. The molecule has 3 aliphatic rings. The van der Waals surface area contributed by atoms with Crippen molar-refractivity contribution in [3.63, 3.8) is 0 Å². The fourth-order valence-electron chi connectivity index (χ4n) is 5.98. The first-order valence-corrected chi connectivity index (χ1v) is 14.8. The van der Waals surface area contributed by atoms with Crippen LogP contribution >= 0.6 is 11.6 Å². The second kappa shape index (κ2) is 8.50. The van der Waals surface area contributed by atoms with Gasteiger partial charge in [0, 0.05) is 49.9 Å². The molecule has 7 rings (SSSR count). The number of hydrogen-bond donors (Lipinski definition) is 0. The average molecular weight is 539 g/mol. The Balaban J connectivity index is 1.18. The minimum Gasteiger partial charge on any atom is -0.355 e. The highest BCUT2D eigenvalue weighted by Gasteiger charge is 2.40. The summed E-state index contributed by atoms with van der Waals surface area (Å²) < 4.78 is 27.8. The fourth-order valence-corrected chi connectivity index (χ4v) is 7.67. The van der Waals surface area contributed by atoms with Crippen molar-refractivity contribution in [3.05, 3.63) is 58.8 Å². The molecule has 3 aliphatic heterocycles. The summed E-state index contributed by atoms with van der Waals surface area (Å²) in [7, 11) is -0.999. The second-order valence-corrected chi connectivity index (χ2v) is 12.9. The molecule has 12 heteroatoms. The molecule has 0 aliphatic carbocycles. The highest BCUT2D eigenvalue weighted by atomic mass is 35.5.